The van der Waals surface area contributed by atoms with E-state index in [0.29, 0.717) is 16.9 Å². The van der Waals surface area contributed by atoms with Gasteiger partial charge in [-0.1, -0.05) is 39.3 Å². The second-order valence-corrected chi connectivity index (χ2v) is 6.51. The molecule has 0 heterocycles. The highest BCUT2D eigenvalue weighted by atomic mass is 14.9. The summed E-state index contributed by atoms with van der Waals surface area (Å²) in [4.78, 5) is 0. The molecule has 0 spiro atoms. The number of fused-ring (bicyclic) bond motifs is 3. The first-order valence-corrected chi connectivity index (χ1v) is 8.44. The van der Waals surface area contributed by atoms with Crippen LogP contribution in [0.2, 0.25) is 0 Å². The lowest BCUT2D eigenvalue weighted by atomic mass is 9.50. The van der Waals surface area contributed by atoms with Gasteiger partial charge in [-0.15, -0.1) is 0 Å². The van der Waals surface area contributed by atoms with Crippen molar-refractivity contribution in [3.8, 4) is 0 Å². The Morgan fingerprint density at radius 2 is 1.58 bits per heavy atom. The van der Waals surface area contributed by atoms with E-state index in [9.17, 15) is 0 Å². The van der Waals surface area contributed by atoms with Crippen molar-refractivity contribution in [1.82, 2.24) is 5.32 Å². The van der Waals surface area contributed by atoms with Crippen LogP contribution in [-0.4, -0.2) is 13.1 Å². The first-order chi connectivity index (χ1) is 9.08. The van der Waals surface area contributed by atoms with E-state index in [2.05, 4.69) is 32.8 Å². The van der Waals surface area contributed by atoms with Crippen molar-refractivity contribution < 1.29 is 0 Å². The fourth-order valence-electron chi connectivity index (χ4n) is 4.27. The SMILES string of the molecule is C=C(CCC)C12CCC(C(C)NC)(CC1)CC2.CC. The van der Waals surface area contributed by atoms with Crippen LogP contribution >= 0.6 is 0 Å². The summed E-state index contributed by atoms with van der Waals surface area (Å²) in [7, 11) is 2.12. The molecule has 0 aromatic heterocycles. The quantitative estimate of drug-likeness (QED) is 0.664. The number of allylic oxidation sites excluding steroid dienone is 1. The number of rotatable bonds is 5. The second-order valence-electron chi connectivity index (χ2n) is 6.51. The third kappa shape index (κ3) is 3.07. The third-order valence-corrected chi connectivity index (χ3v) is 5.96. The highest BCUT2D eigenvalue weighted by Crippen LogP contribution is 2.61. The van der Waals surface area contributed by atoms with E-state index in [-0.39, 0.29) is 0 Å². The van der Waals surface area contributed by atoms with Gasteiger partial charge in [-0.25, -0.2) is 0 Å². The lowest BCUT2D eigenvalue weighted by Gasteiger charge is -2.56. The minimum absolute atomic E-state index is 0.533. The zero-order valence-corrected chi connectivity index (χ0v) is 13.9. The normalized spacial score (nSPS) is 34.4. The Labute approximate surface area is 121 Å². The average molecular weight is 265 g/mol. The maximum atomic E-state index is 4.41. The molecule has 3 fully saturated rings. The molecule has 0 aliphatic heterocycles. The molecule has 0 radical (unpaired) electrons. The van der Waals surface area contributed by atoms with Crippen LogP contribution in [0.4, 0.5) is 0 Å². The van der Waals surface area contributed by atoms with Crippen LogP contribution in [0.1, 0.15) is 79.1 Å². The molecule has 0 aromatic rings. The average Bonchev–Trinajstić information content (AvgIpc) is 2.50. The Bertz CT molecular complexity index is 268. The van der Waals surface area contributed by atoms with E-state index in [0.717, 1.165) is 0 Å². The van der Waals surface area contributed by atoms with Crippen LogP contribution in [-0.2, 0) is 0 Å². The van der Waals surface area contributed by atoms with Crippen LogP contribution in [0, 0.1) is 10.8 Å². The zero-order chi connectivity index (χ0) is 14.5. The van der Waals surface area contributed by atoms with Crippen molar-refractivity contribution in [1.29, 1.82) is 0 Å². The van der Waals surface area contributed by atoms with E-state index < -0.39 is 0 Å². The monoisotopic (exact) mass is 265 g/mol. The first-order valence-electron chi connectivity index (χ1n) is 8.44. The van der Waals surface area contributed by atoms with E-state index in [1.165, 1.54) is 51.4 Å². The minimum atomic E-state index is 0.533. The van der Waals surface area contributed by atoms with Crippen molar-refractivity contribution in [3.63, 3.8) is 0 Å². The fraction of sp³-hybridized carbons (Fsp3) is 0.889. The molecule has 2 bridgehead atoms. The molecule has 3 saturated carbocycles. The van der Waals surface area contributed by atoms with Gasteiger partial charge in [0.2, 0.25) is 0 Å². The van der Waals surface area contributed by atoms with Crippen LogP contribution in [0.3, 0.4) is 0 Å². The van der Waals surface area contributed by atoms with Gasteiger partial charge in [-0.3, -0.25) is 0 Å². The van der Waals surface area contributed by atoms with Crippen molar-refractivity contribution in [2.24, 2.45) is 10.8 Å². The highest BCUT2D eigenvalue weighted by molar-refractivity contribution is 5.17. The molecular weight excluding hydrogens is 230 g/mol. The van der Waals surface area contributed by atoms with Gasteiger partial charge in [0.15, 0.2) is 0 Å². The summed E-state index contributed by atoms with van der Waals surface area (Å²) in [5, 5.41) is 3.50. The molecule has 0 saturated heterocycles. The zero-order valence-electron chi connectivity index (χ0n) is 13.9. The van der Waals surface area contributed by atoms with E-state index in [1.54, 1.807) is 5.57 Å². The Hall–Kier alpha value is -0.300. The van der Waals surface area contributed by atoms with E-state index in [4.69, 9.17) is 0 Å². The van der Waals surface area contributed by atoms with Crippen molar-refractivity contribution in [2.45, 2.75) is 85.1 Å². The van der Waals surface area contributed by atoms with Gasteiger partial charge in [0, 0.05) is 6.04 Å². The molecule has 3 aliphatic rings. The molecule has 1 unspecified atom stereocenters. The number of hydrogen-bond acceptors (Lipinski definition) is 1. The lowest BCUT2D eigenvalue weighted by molar-refractivity contribution is -0.00898. The molecule has 3 aliphatic carbocycles. The molecule has 1 nitrogen and oxygen atoms in total. The smallest absolute Gasteiger partial charge is 0.00922 e. The van der Waals surface area contributed by atoms with Crippen molar-refractivity contribution in [2.75, 3.05) is 7.05 Å². The standard InChI is InChI=1S/C16H29N.C2H6/c1-5-6-13(2)15-7-10-16(11-8-15,12-9-15)14(3)17-4;1-2/h14,17H,2,5-12H2,1,3-4H3;1-2H3. The van der Waals surface area contributed by atoms with Crippen LogP contribution in [0.15, 0.2) is 12.2 Å². The Kier molecular flexibility index (Phi) is 6.11. The van der Waals surface area contributed by atoms with Gasteiger partial charge in [-0.2, -0.15) is 0 Å². The minimum Gasteiger partial charge on any atom is -0.317 e. The Morgan fingerprint density at radius 1 is 1.11 bits per heavy atom. The summed E-state index contributed by atoms with van der Waals surface area (Å²) in [5.41, 5.74) is 2.69. The predicted octanol–water partition coefficient (Wildman–Crippen LogP) is 5.32. The van der Waals surface area contributed by atoms with Crippen LogP contribution in [0.25, 0.3) is 0 Å². The summed E-state index contributed by atoms with van der Waals surface area (Å²) in [6.07, 6.45) is 11.0. The summed E-state index contributed by atoms with van der Waals surface area (Å²) >= 11 is 0. The first kappa shape index (κ1) is 16.8. The van der Waals surface area contributed by atoms with E-state index in [1.807, 2.05) is 13.8 Å². The topological polar surface area (TPSA) is 12.0 Å². The van der Waals surface area contributed by atoms with Gasteiger partial charge in [-0.05, 0) is 69.7 Å². The summed E-state index contributed by atoms with van der Waals surface area (Å²) < 4.78 is 0. The molecule has 1 atom stereocenters. The third-order valence-electron chi connectivity index (χ3n) is 5.96. The second kappa shape index (κ2) is 6.92. The lowest BCUT2D eigenvalue weighted by Crippen LogP contribution is -2.51. The van der Waals surface area contributed by atoms with Gasteiger partial charge >= 0.3 is 0 Å². The predicted molar refractivity (Wildman–Crippen MR) is 86.5 cm³/mol. The molecule has 3 rings (SSSR count). The fourth-order valence-corrected chi connectivity index (χ4v) is 4.27. The van der Waals surface area contributed by atoms with Gasteiger partial charge in [0.05, 0.1) is 0 Å². The molecular formula is C18H35N. The molecule has 0 amide bonds. The molecule has 19 heavy (non-hydrogen) atoms. The van der Waals surface area contributed by atoms with Crippen LogP contribution < -0.4 is 5.32 Å². The maximum absolute atomic E-state index is 4.41. The van der Waals surface area contributed by atoms with Crippen molar-refractivity contribution >= 4 is 0 Å². The molecule has 0 aromatic carbocycles. The Balaban J connectivity index is 0.000000861. The Morgan fingerprint density at radius 3 is 1.95 bits per heavy atom. The van der Waals surface area contributed by atoms with Crippen LogP contribution in [0.5, 0.6) is 0 Å². The molecule has 1 N–H and O–H groups in total. The van der Waals surface area contributed by atoms with Gasteiger partial charge in [0.1, 0.15) is 0 Å². The summed E-state index contributed by atoms with van der Waals surface area (Å²) in [6, 6.07) is 0.681. The number of nitrogens with one attached hydrogen (secondary N) is 1. The van der Waals surface area contributed by atoms with Gasteiger partial charge in [0.25, 0.3) is 0 Å². The summed E-state index contributed by atoms with van der Waals surface area (Å²) in [5.74, 6) is 0. The molecule has 1 heteroatoms. The molecule has 112 valence electrons. The maximum Gasteiger partial charge on any atom is 0.00922 e. The van der Waals surface area contributed by atoms with Crippen molar-refractivity contribution in [3.05, 3.63) is 12.2 Å². The summed E-state index contributed by atoms with van der Waals surface area (Å²) in [6.45, 7) is 13.1. The largest absolute Gasteiger partial charge is 0.317 e. The highest BCUT2D eigenvalue weighted by Gasteiger charge is 2.51. The van der Waals surface area contributed by atoms with E-state index >= 15 is 0 Å². The number of hydrogen-bond donors (Lipinski definition) is 1. The van der Waals surface area contributed by atoms with Gasteiger partial charge < -0.3 is 5.32 Å².